The molecule has 3 aliphatic carbocycles. The van der Waals surface area contributed by atoms with E-state index in [0.29, 0.717) is 0 Å². The average Bonchev–Trinajstić information content (AvgIpc) is 1.94. The predicted octanol–water partition coefficient (Wildman–Crippen LogP) is 24.6. The van der Waals surface area contributed by atoms with Gasteiger partial charge in [0.15, 0.2) is 0 Å². The molecule has 0 spiro atoms. The fourth-order valence-corrected chi connectivity index (χ4v) is 17.9. The normalized spacial score (nSPS) is 14.4. The monoisotopic (exact) mass is 1180 g/mol. The molecule has 442 valence electrons. The van der Waals surface area contributed by atoms with Gasteiger partial charge in [0, 0.05) is 53.5 Å². The fraction of sp³-hybridized carbons (Fsp3) is 0.333. The van der Waals surface area contributed by atoms with Crippen LogP contribution in [0.25, 0.3) is 75.6 Å². The fourth-order valence-electron chi connectivity index (χ4n) is 15.6. The zero-order valence-electron chi connectivity index (χ0n) is 52.0. The molecule has 0 atom stereocenters. The number of nitrogens with zero attached hydrogens (tertiary/aromatic N) is 2. The third kappa shape index (κ3) is 10.7. The van der Waals surface area contributed by atoms with E-state index < -0.39 is 5.97 Å². The molecule has 0 fully saturated rings. The van der Waals surface area contributed by atoms with E-state index in [-0.39, 0.29) is 21.9 Å². The maximum absolute atomic E-state index is 12.1. The summed E-state index contributed by atoms with van der Waals surface area (Å²) in [4.78, 5) is 22.1. The average molecular weight is 1180 g/mol. The Balaban J connectivity index is 1.02. The lowest BCUT2D eigenvalue weighted by molar-refractivity contribution is -0.132. The van der Waals surface area contributed by atoms with Gasteiger partial charge in [0.1, 0.15) is 0 Å². The minimum absolute atomic E-state index is 0.0580. The number of carbonyl (C=O) groups is 1. The second kappa shape index (κ2) is 25.6. The highest BCUT2D eigenvalue weighted by molar-refractivity contribution is 7.24. The molecular weight excluding hydrogens is 1100 g/mol. The third-order valence-electron chi connectivity index (χ3n) is 20.0. The molecule has 87 heavy (non-hydrogen) atoms. The van der Waals surface area contributed by atoms with Crippen molar-refractivity contribution < 1.29 is 9.90 Å². The van der Waals surface area contributed by atoms with Gasteiger partial charge in [0.25, 0.3) is 5.70 Å². The molecule has 0 bridgehead atoms. The summed E-state index contributed by atoms with van der Waals surface area (Å²) in [6.45, 7) is 21.6. The summed E-state index contributed by atoms with van der Waals surface area (Å²) < 4.78 is 0. The second-order valence-electron chi connectivity index (χ2n) is 25.1. The van der Waals surface area contributed by atoms with Gasteiger partial charge in [-0.05, 0) is 183 Å². The van der Waals surface area contributed by atoms with Crippen LogP contribution < -0.4 is 4.90 Å². The van der Waals surface area contributed by atoms with Crippen LogP contribution >= 0.6 is 22.7 Å². The molecule has 2 aromatic heterocycles. The van der Waals surface area contributed by atoms with Crippen LogP contribution in [0.1, 0.15) is 195 Å². The van der Waals surface area contributed by atoms with E-state index in [4.69, 9.17) is 6.57 Å². The standard InChI is InChI=1S/C81H84N2O2S2/c1-8-14-44-79(45-15-9-2)68-29-23-20-26-61(68)64-40-34-56(50-71(64)79)67-54-76(87-77(67)75-43-39-60(86-75)53-74(82-7)78(84)85)55-32-35-57(36-33-55)83(58-37-41-65-62-27-21-24-30-69(62)80(46-16-10-3,47-17-11-4)72(65)51-58)59-38-42-66-63-28-22-25-31-70(63)81(48-18-12-5,49-19-13-6)73(66)52-59/h20-43,50-54H,8-19,44-49H2,1-6H3,(H,84,85)/b74-53-. The Hall–Kier alpha value is -7.56. The minimum Gasteiger partial charge on any atom is -0.486 e. The van der Waals surface area contributed by atoms with E-state index in [1.165, 1.54) is 126 Å². The summed E-state index contributed by atoms with van der Waals surface area (Å²) in [6.07, 6.45) is 22.3. The predicted molar refractivity (Wildman–Crippen MR) is 371 cm³/mol. The zero-order valence-corrected chi connectivity index (χ0v) is 53.7. The third-order valence-corrected chi connectivity index (χ3v) is 22.3. The molecule has 9 aromatic rings. The molecule has 2 heterocycles. The van der Waals surface area contributed by atoms with Crippen LogP contribution in [-0.2, 0) is 21.0 Å². The molecule has 0 unspecified atom stereocenters. The molecule has 0 radical (unpaired) electrons. The van der Waals surface area contributed by atoms with Crippen molar-refractivity contribution >= 4 is 51.8 Å². The molecule has 7 aromatic carbocycles. The van der Waals surface area contributed by atoms with Gasteiger partial charge in [-0.2, -0.15) is 0 Å². The van der Waals surface area contributed by atoms with Gasteiger partial charge >= 0.3 is 5.97 Å². The van der Waals surface area contributed by atoms with Crippen molar-refractivity contribution in [3.8, 4) is 64.7 Å². The van der Waals surface area contributed by atoms with Crippen molar-refractivity contribution in [2.75, 3.05) is 4.90 Å². The van der Waals surface area contributed by atoms with Gasteiger partial charge in [-0.25, -0.2) is 4.85 Å². The van der Waals surface area contributed by atoms with Crippen molar-refractivity contribution in [3.63, 3.8) is 0 Å². The van der Waals surface area contributed by atoms with E-state index in [0.717, 1.165) is 116 Å². The van der Waals surface area contributed by atoms with Gasteiger partial charge in [0.2, 0.25) is 0 Å². The SMILES string of the molecule is [C-]#[N+]/C(=C\c1ccc(-c2sc(-c3ccc(N(c4ccc5c(c4)C(CCCC)(CCCC)c4ccccc4-5)c4ccc5c(c4)C(CCCC)(CCCC)c4ccccc4-5)cc3)cc2-c2ccc3c(c2)C(CCCC)(CCCC)c2ccccc2-3)s1)C(=O)O. The molecule has 12 rings (SSSR count). The molecule has 4 nitrogen and oxygen atoms in total. The molecule has 0 aliphatic heterocycles. The summed E-state index contributed by atoms with van der Waals surface area (Å²) in [5.41, 5.74) is 23.7. The number of benzene rings is 7. The van der Waals surface area contributed by atoms with E-state index in [2.05, 4.69) is 215 Å². The highest BCUT2D eigenvalue weighted by atomic mass is 32.1. The smallest absolute Gasteiger partial charge is 0.333 e. The Kier molecular flexibility index (Phi) is 17.6. The first-order valence-electron chi connectivity index (χ1n) is 32.8. The summed E-state index contributed by atoms with van der Waals surface area (Å²) in [5.74, 6) is -1.21. The van der Waals surface area contributed by atoms with Crippen molar-refractivity contribution in [3.05, 3.63) is 225 Å². The van der Waals surface area contributed by atoms with Crippen LogP contribution in [0.15, 0.2) is 176 Å². The van der Waals surface area contributed by atoms with E-state index in [9.17, 15) is 9.90 Å². The summed E-state index contributed by atoms with van der Waals surface area (Å²) in [5, 5.41) is 9.87. The molecule has 0 saturated heterocycles. The van der Waals surface area contributed by atoms with Crippen molar-refractivity contribution in [1.82, 2.24) is 0 Å². The first-order chi connectivity index (χ1) is 42.6. The van der Waals surface area contributed by atoms with E-state index in [1.54, 1.807) is 22.7 Å². The Labute approximate surface area is 526 Å². The number of aliphatic carboxylic acids is 1. The quantitative estimate of drug-likeness (QED) is 0.0434. The first-order valence-corrected chi connectivity index (χ1v) is 34.4. The van der Waals surface area contributed by atoms with Gasteiger partial charge in [-0.15, -0.1) is 22.7 Å². The maximum Gasteiger partial charge on any atom is 0.333 e. The minimum atomic E-state index is -1.21. The number of rotatable bonds is 26. The largest absolute Gasteiger partial charge is 0.486 e. The number of carboxylic acid groups (broad SMARTS) is 1. The van der Waals surface area contributed by atoms with Gasteiger partial charge < -0.3 is 10.0 Å². The maximum atomic E-state index is 12.1. The topological polar surface area (TPSA) is 44.9 Å². The van der Waals surface area contributed by atoms with Gasteiger partial charge in [-0.1, -0.05) is 228 Å². The Bertz CT molecular complexity index is 3910. The van der Waals surface area contributed by atoms with Gasteiger partial charge in [0.05, 0.1) is 11.4 Å². The number of carboxylic acids is 1. The number of anilines is 3. The molecule has 3 aliphatic rings. The first kappa shape index (κ1) is 59.8. The Morgan fingerprint density at radius 2 is 0.816 bits per heavy atom. The summed E-state index contributed by atoms with van der Waals surface area (Å²) in [6, 6.07) is 65.7. The number of fused-ring (bicyclic) bond motifs is 9. The highest BCUT2D eigenvalue weighted by Gasteiger charge is 2.45. The lowest BCUT2D eigenvalue weighted by Gasteiger charge is -2.35. The number of hydrogen-bond donors (Lipinski definition) is 1. The lowest BCUT2D eigenvalue weighted by Crippen LogP contribution is -2.26. The van der Waals surface area contributed by atoms with Crippen molar-refractivity contribution in [2.24, 2.45) is 0 Å². The van der Waals surface area contributed by atoms with Crippen molar-refractivity contribution in [2.45, 2.75) is 173 Å². The highest BCUT2D eigenvalue weighted by Crippen LogP contribution is 2.60. The van der Waals surface area contributed by atoms with Crippen LogP contribution in [0.5, 0.6) is 0 Å². The van der Waals surface area contributed by atoms with Crippen LogP contribution in [-0.4, -0.2) is 11.1 Å². The van der Waals surface area contributed by atoms with Crippen LogP contribution in [0.3, 0.4) is 0 Å². The summed E-state index contributed by atoms with van der Waals surface area (Å²) in [7, 11) is 0. The van der Waals surface area contributed by atoms with Crippen molar-refractivity contribution in [1.29, 1.82) is 0 Å². The molecule has 6 heteroatoms. The van der Waals surface area contributed by atoms with Crippen LogP contribution in [0.2, 0.25) is 0 Å². The molecular formula is C81H84N2O2S2. The molecule has 0 saturated carbocycles. The molecule has 0 amide bonds. The number of hydrogen-bond acceptors (Lipinski definition) is 4. The molecule has 1 N–H and O–H groups in total. The van der Waals surface area contributed by atoms with Gasteiger partial charge in [-0.3, -0.25) is 4.79 Å². The Morgan fingerprint density at radius 3 is 1.24 bits per heavy atom. The van der Waals surface area contributed by atoms with Crippen LogP contribution in [0.4, 0.5) is 17.1 Å². The second-order valence-corrected chi connectivity index (χ2v) is 27.3. The van der Waals surface area contributed by atoms with E-state index >= 15 is 0 Å². The summed E-state index contributed by atoms with van der Waals surface area (Å²) >= 11 is 3.35. The van der Waals surface area contributed by atoms with E-state index in [1.807, 2.05) is 6.07 Å². The lowest BCUT2D eigenvalue weighted by atomic mass is 9.70. The van der Waals surface area contributed by atoms with Crippen LogP contribution in [0, 0.1) is 6.57 Å². The zero-order chi connectivity index (χ0) is 60.3. The Morgan fingerprint density at radius 1 is 0.425 bits per heavy atom. The number of unbranched alkanes of at least 4 members (excludes halogenated alkanes) is 6. The number of thiophene rings is 2.